The van der Waals surface area contributed by atoms with Gasteiger partial charge in [-0.2, -0.15) is 0 Å². The van der Waals surface area contributed by atoms with Gasteiger partial charge in [-0.3, -0.25) is 0 Å². The Kier molecular flexibility index (Phi) is 9.17. The van der Waals surface area contributed by atoms with Gasteiger partial charge in [-0.1, -0.05) is 64.0 Å². The Balaban J connectivity index is 1.77. The zero-order valence-corrected chi connectivity index (χ0v) is 16.1. The Morgan fingerprint density at radius 1 is 0.880 bits per heavy atom. The molecule has 25 heavy (non-hydrogen) atoms. The molecule has 0 aliphatic heterocycles. The first-order valence-corrected chi connectivity index (χ1v) is 10.2. The van der Waals surface area contributed by atoms with Crippen LogP contribution in [0.1, 0.15) is 71.6 Å². The molecule has 1 aromatic heterocycles. The quantitative estimate of drug-likeness (QED) is 0.356. The predicted molar refractivity (Wildman–Crippen MR) is 105 cm³/mol. The molecule has 0 saturated heterocycles. The number of aryl methyl sites for hydroxylation is 1. The van der Waals surface area contributed by atoms with Crippen molar-refractivity contribution in [1.29, 1.82) is 0 Å². The highest BCUT2D eigenvalue weighted by Gasteiger charge is 2.17. The number of unbranched alkanes of at least 4 members (excludes halogenated alkanes) is 8. The van der Waals surface area contributed by atoms with Crippen molar-refractivity contribution in [3.63, 3.8) is 0 Å². The fraction of sp³-hybridized carbons (Fsp3) is 0.591. The summed E-state index contributed by atoms with van der Waals surface area (Å²) in [5.74, 6) is 2.09. The summed E-state index contributed by atoms with van der Waals surface area (Å²) in [6.45, 7) is 6.06. The summed E-state index contributed by atoms with van der Waals surface area (Å²) in [4.78, 5) is 3.38. The second-order valence-corrected chi connectivity index (χ2v) is 6.76. The summed E-state index contributed by atoms with van der Waals surface area (Å²) >= 11 is 0. The average Bonchev–Trinajstić information content (AvgIpc) is 3.09. The lowest BCUT2D eigenvalue weighted by Gasteiger charge is -2.08. The van der Waals surface area contributed by atoms with E-state index in [9.17, 15) is 0 Å². The van der Waals surface area contributed by atoms with Crippen LogP contribution >= 0.6 is 0 Å². The third kappa shape index (κ3) is 6.56. The molecule has 0 fully saturated rings. The molecule has 3 heteroatoms. The van der Waals surface area contributed by atoms with Crippen molar-refractivity contribution in [2.45, 2.75) is 78.2 Å². The molecule has 3 nitrogen and oxygen atoms in total. The molecule has 1 aromatic carbocycles. The molecule has 1 heterocycles. The smallest absolute Gasteiger partial charge is 0.290 e. The lowest BCUT2D eigenvalue weighted by atomic mass is 10.1. The zero-order chi connectivity index (χ0) is 17.7. The van der Waals surface area contributed by atoms with Crippen molar-refractivity contribution in [1.82, 2.24) is 4.98 Å². The van der Waals surface area contributed by atoms with Crippen molar-refractivity contribution in [3.8, 4) is 17.1 Å². The maximum Gasteiger partial charge on any atom is 0.290 e. The van der Waals surface area contributed by atoms with E-state index in [2.05, 4.69) is 34.8 Å². The average molecular weight is 344 g/mol. The third-order valence-corrected chi connectivity index (χ3v) is 4.71. The number of imidazole rings is 1. The van der Waals surface area contributed by atoms with Crippen LogP contribution in [0.4, 0.5) is 0 Å². The number of aromatic amines is 1. The molecule has 0 atom stereocenters. The topological polar surface area (TPSA) is 28.9 Å². The molecule has 0 saturated carbocycles. The zero-order valence-electron chi connectivity index (χ0n) is 16.1. The number of ether oxygens (including phenoxy) is 1. The molecule has 2 aromatic rings. The molecule has 0 aliphatic carbocycles. The molecule has 0 aliphatic rings. The molecule has 0 amide bonds. The van der Waals surface area contributed by atoms with Crippen molar-refractivity contribution in [2.75, 3.05) is 6.61 Å². The Morgan fingerprint density at radius 3 is 2.28 bits per heavy atom. The number of nitrogens with zero attached hydrogens (tertiary/aromatic N) is 1. The summed E-state index contributed by atoms with van der Waals surface area (Å²) in [5, 5.41) is 0. The van der Waals surface area contributed by atoms with Crippen LogP contribution in [0.15, 0.2) is 36.7 Å². The number of hydrogen-bond acceptors (Lipinski definition) is 1. The Morgan fingerprint density at radius 2 is 1.56 bits per heavy atom. The Bertz CT molecular complexity index is 591. The number of benzene rings is 1. The van der Waals surface area contributed by atoms with Gasteiger partial charge in [0.05, 0.1) is 13.2 Å². The van der Waals surface area contributed by atoms with Crippen molar-refractivity contribution in [2.24, 2.45) is 0 Å². The lowest BCUT2D eigenvalue weighted by Crippen LogP contribution is -2.33. The van der Waals surface area contributed by atoms with Crippen molar-refractivity contribution in [3.05, 3.63) is 36.7 Å². The summed E-state index contributed by atoms with van der Waals surface area (Å²) in [5.41, 5.74) is 1.14. The molecule has 0 bridgehead atoms. The van der Waals surface area contributed by atoms with Crippen LogP contribution in [-0.4, -0.2) is 11.6 Å². The van der Waals surface area contributed by atoms with Gasteiger partial charge in [-0.15, -0.1) is 0 Å². The van der Waals surface area contributed by atoms with Crippen molar-refractivity contribution >= 4 is 0 Å². The number of rotatable bonds is 13. The SMILES string of the molecule is CCCCCCCCCCC[n+]1cc[nH]c1-c1ccccc1OCC. The Hall–Kier alpha value is -1.77. The van der Waals surface area contributed by atoms with Gasteiger partial charge in [0.15, 0.2) is 0 Å². The van der Waals surface area contributed by atoms with Gasteiger partial charge in [0.2, 0.25) is 0 Å². The standard InChI is InChI=1S/C22H34N2O/c1-3-5-6-7-8-9-10-11-14-18-24-19-17-23-22(24)20-15-12-13-16-21(20)25-4-2/h12-13,15-17,19H,3-11,14,18H2,1-2H3/p+1. The maximum atomic E-state index is 5.78. The van der Waals surface area contributed by atoms with E-state index >= 15 is 0 Å². The van der Waals surface area contributed by atoms with E-state index in [1.165, 1.54) is 57.8 Å². The highest BCUT2D eigenvalue weighted by molar-refractivity contribution is 5.61. The minimum Gasteiger partial charge on any atom is -0.493 e. The number of para-hydroxylation sites is 1. The molecule has 1 N–H and O–H groups in total. The van der Waals surface area contributed by atoms with Crippen LogP contribution in [-0.2, 0) is 6.54 Å². The summed E-state index contributed by atoms with van der Waals surface area (Å²) < 4.78 is 8.10. The van der Waals surface area contributed by atoms with Crippen LogP contribution in [0.5, 0.6) is 5.75 Å². The van der Waals surface area contributed by atoms with Gasteiger partial charge in [-0.05, 0) is 31.9 Å². The normalized spacial score (nSPS) is 11.0. The largest absolute Gasteiger partial charge is 0.493 e. The summed E-state index contributed by atoms with van der Waals surface area (Å²) in [6.07, 6.45) is 16.4. The van der Waals surface area contributed by atoms with Crippen LogP contribution in [0.3, 0.4) is 0 Å². The van der Waals surface area contributed by atoms with Gasteiger partial charge in [0.1, 0.15) is 23.7 Å². The first-order chi connectivity index (χ1) is 12.4. The monoisotopic (exact) mass is 343 g/mol. The van der Waals surface area contributed by atoms with Gasteiger partial charge in [-0.25, -0.2) is 9.55 Å². The first kappa shape index (κ1) is 19.6. The molecule has 0 radical (unpaired) electrons. The first-order valence-electron chi connectivity index (χ1n) is 10.2. The molecule has 138 valence electrons. The maximum absolute atomic E-state index is 5.78. The highest BCUT2D eigenvalue weighted by Crippen LogP contribution is 2.26. The molecule has 0 unspecified atom stereocenters. The minimum absolute atomic E-state index is 0.690. The van der Waals surface area contributed by atoms with Crippen LogP contribution in [0, 0.1) is 0 Å². The number of aromatic nitrogens is 2. The summed E-state index contributed by atoms with van der Waals surface area (Å²) in [7, 11) is 0. The number of nitrogens with one attached hydrogen (secondary N) is 1. The van der Waals surface area contributed by atoms with E-state index in [0.717, 1.165) is 23.7 Å². The second kappa shape index (κ2) is 11.7. The van der Waals surface area contributed by atoms with Gasteiger partial charge >= 0.3 is 0 Å². The van der Waals surface area contributed by atoms with Crippen LogP contribution in [0.25, 0.3) is 11.4 Å². The van der Waals surface area contributed by atoms with E-state index in [4.69, 9.17) is 4.74 Å². The highest BCUT2D eigenvalue weighted by atomic mass is 16.5. The van der Waals surface area contributed by atoms with Crippen LogP contribution < -0.4 is 9.30 Å². The second-order valence-electron chi connectivity index (χ2n) is 6.76. The molecular formula is C22H35N2O+. The van der Waals surface area contributed by atoms with E-state index in [0.29, 0.717) is 6.61 Å². The molecule has 0 spiro atoms. The lowest BCUT2D eigenvalue weighted by molar-refractivity contribution is -0.685. The van der Waals surface area contributed by atoms with Gasteiger partial charge in [0.25, 0.3) is 5.82 Å². The fourth-order valence-corrected chi connectivity index (χ4v) is 3.32. The molecule has 2 rings (SSSR count). The van der Waals surface area contributed by atoms with E-state index in [1.54, 1.807) is 0 Å². The minimum atomic E-state index is 0.690. The van der Waals surface area contributed by atoms with Gasteiger partial charge < -0.3 is 4.74 Å². The fourth-order valence-electron chi connectivity index (χ4n) is 3.32. The third-order valence-electron chi connectivity index (χ3n) is 4.71. The van der Waals surface area contributed by atoms with E-state index < -0.39 is 0 Å². The van der Waals surface area contributed by atoms with Crippen molar-refractivity contribution < 1.29 is 9.30 Å². The number of hydrogen-bond donors (Lipinski definition) is 1. The Labute approximate surface area is 153 Å². The summed E-state index contributed by atoms with van der Waals surface area (Å²) in [6, 6.07) is 8.27. The van der Waals surface area contributed by atoms with E-state index in [-0.39, 0.29) is 0 Å². The molecular weight excluding hydrogens is 308 g/mol. The van der Waals surface area contributed by atoms with Crippen LogP contribution in [0.2, 0.25) is 0 Å². The van der Waals surface area contributed by atoms with E-state index in [1.807, 2.05) is 25.3 Å². The predicted octanol–water partition coefficient (Wildman–Crippen LogP) is 5.90. The number of H-pyrrole nitrogens is 1. The van der Waals surface area contributed by atoms with Gasteiger partial charge in [0, 0.05) is 0 Å².